The van der Waals surface area contributed by atoms with Crippen LogP contribution in [0.25, 0.3) is 0 Å². The largest absolute Gasteiger partial charge is 0.369 e. The average Bonchev–Trinajstić information content (AvgIpc) is 2.41. The van der Waals surface area contributed by atoms with Crippen molar-refractivity contribution in [2.24, 2.45) is 0 Å². The molecule has 2 aromatic rings. The molecule has 0 atom stereocenters. The first-order chi connectivity index (χ1) is 9.53. The van der Waals surface area contributed by atoms with Crippen LogP contribution in [0.4, 0.5) is 11.5 Å². The molecule has 0 fully saturated rings. The number of aromatic nitrogens is 1. The number of nitrogens with zero attached hydrogens (tertiary/aromatic N) is 1. The quantitative estimate of drug-likeness (QED) is 0.864. The minimum atomic E-state index is -3.69. The Morgan fingerprint density at radius 3 is 2.60 bits per heavy atom. The van der Waals surface area contributed by atoms with Gasteiger partial charge in [-0.25, -0.2) is 13.4 Å². The van der Waals surface area contributed by atoms with Crippen LogP contribution in [0.3, 0.4) is 0 Å². The highest BCUT2D eigenvalue weighted by atomic mass is 79.9. The molecule has 1 aromatic carbocycles. The van der Waals surface area contributed by atoms with Crippen molar-refractivity contribution in [1.29, 1.82) is 0 Å². The molecule has 0 radical (unpaired) electrons. The number of benzene rings is 1. The molecular weight excluding hydrogens is 342 g/mol. The number of anilines is 2. The Bertz CT molecular complexity index is 690. The fourth-order valence-corrected chi connectivity index (χ4v) is 3.34. The fraction of sp³-hybridized carbons (Fsp3) is 0.154. The lowest BCUT2D eigenvalue weighted by atomic mass is 10.3. The second kappa shape index (κ2) is 6.23. The third-order valence-corrected chi connectivity index (χ3v) is 4.31. The Morgan fingerprint density at radius 1 is 1.25 bits per heavy atom. The van der Waals surface area contributed by atoms with Gasteiger partial charge in [-0.05, 0) is 41.1 Å². The smallest absolute Gasteiger partial charge is 0.265 e. The van der Waals surface area contributed by atoms with Gasteiger partial charge in [0.1, 0.15) is 10.7 Å². The molecule has 106 valence electrons. The van der Waals surface area contributed by atoms with Crippen molar-refractivity contribution >= 4 is 37.5 Å². The Hall–Kier alpha value is -1.60. The fourth-order valence-electron chi connectivity index (χ4n) is 1.64. The van der Waals surface area contributed by atoms with Crippen LogP contribution in [0, 0.1) is 0 Å². The average molecular weight is 356 g/mol. The van der Waals surface area contributed by atoms with E-state index in [1.54, 1.807) is 30.5 Å². The molecule has 0 spiro atoms. The molecule has 0 unspecified atom stereocenters. The van der Waals surface area contributed by atoms with E-state index in [1.165, 1.54) is 6.07 Å². The Balaban J connectivity index is 2.41. The van der Waals surface area contributed by atoms with Crippen molar-refractivity contribution in [2.75, 3.05) is 16.6 Å². The summed E-state index contributed by atoms with van der Waals surface area (Å²) in [4.78, 5) is 4.21. The first kappa shape index (κ1) is 14.8. The summed E-state index contributed by atoms with van der Waals surface area (Å²) in [6.45, 7) is 2.47. The standard InChI is InChI=1S/C13H14BrN3O2S/c1-2-15-13-12(8-10(14)9-16-13)20(18,19)17-11-6-4-3-5-7-11/h3-9,17H,2H2,1H3,(H,15,16). The van der Waals surface area contributed by atoms with E-state index >= 15 is 0 Å². The minimum Gasteiger partial charge on any atom is -0.369 e. The van der Waals surface area contributed by atoms with Gasteiger partial charge in [-0.3, -0.25) is 4.72 Å². The third-order valence-electron chi connectivity index (χ3n) is 2.48. The lowest BCUT2D eigenvalue weighted by molar-refractivity contribution is 0.601. The monoisotopic (exact) mass is 355 g/mol. The molecule has 20 heavy (non-hydrogen) atoms. The van der Waals surface area contributed by atoms with Crippen molar-refractivity contribution in [3.05, 3.63) is 47.1 Å². The number of hydrogen-bond acceptors (Lipinski definition) is 4. The zero-order valence-electron chi connectivity index (χ0n) is 10.8. The first-order valence-electron chi connectivity index (χ1n) is 6.00. The predicted molar refractivity (Wildman–Crippen MR) is 83.4 cm³/mol. The van der Waals surface area contributed by atoms with E-state index in [-0.39, 0.29) is 4.90 Å². The summed E-state index contributed by atoms with van der Waals surface area (Å²) >= 11 is 3.24. The number of hydrogen-bond donors (Lipinski definition) is 2. The van der Waals surface area contributed by atoms with E-state index in [0.29, 0.717) is 22.5 Å². The van der Waals surface area contributed by atoms with E-state index in [2.05, 4.69) is 31.0 Å². The molecule has 0 aliphatic carbocycles. The van der Waals surface area contributed by atoms with Gasteiger partial charge in [0, 0.05) is 22.9 Å². The molecule has 0 aliphatic heterocycles. The molecule has 1 aromatic heterocycles. The molecule has 0 aliphatic rings. The molecule has 0 bridgehead atoms. The molecular formula is C13H14BrN3O2S. The van der Waals surface area contributed by atoms with Gasteiger partial charge in [0.2, 0.25) is 0 Å². The SMILES string of the molecule is CCNc1ncc(Br)cc1S(=O)(=O)Nc1ccccc1. The van der Waals surface area contributed by atoms with Crippen molar-refractivity contribution in [1.82, 2.24) is 4.98 Å². The van der Waals surface area contributed by atoms with E-state index in [4.69, 9.17) is 0 Å². The molecule has 0 saturated heterocycles. The van der Waals surface area contributed by atoms with Crippen molar-refractivity contribution in [2.45, 2.75) is 11.8 Å². The first-order valence-corrected chi connectivity index (χ1v) is 8.28. The Morgan fingerprint density at radius 2 is 1.95 bits per heavy atom. The summed E-state index contributed by atoms with van der Waals surface area (Å²) in [6.07, 6.45) is 1.56. The van der Waals surface area contributed by atoms with E-state index < -0.39 is 10.0 Å². The maximum absolute atomic E-state index is 12.4. The van der Waals surface area contributed by atoms with Crippen LogP contribution in [-0.4, -0.2) is 19.9 Å². The number of nitrogens with one attached hydrogen (secondary N) is 2. The number of para-hydroxylation sites is 1. The third kappa shape index (κ3) is 3.49. The maximum atomic E-state index is 12.4. The van der Waals surface area contributed by atoms with Crippen molar-refractivity contribution in [3.8, 4) is 0 Å². The zero-order valence-corrected chi connectivity index (χ0v) is 13.2. The van der Waals surface area contributed by atoms with Gasteiger partial charge in [0.05, 0.1) is 0 Å². The topological polar surface area (TPSA) is 71.1 Å². The van der Waals surface area contributed by atoms with E-state index in [0.717, 1.165) is 0 Å². The van der Waals surface area contributed by atoms with Crippen molar-refractivity contribution < 1.29 is 8.42 Å². The minimum absolute atomic E-state index is 0.109. The number of sulfonamides is 1. The molecule has 5 nitrogen and oxygen atoms in total. The van der Waals surface area contributed by atoms with Crippen LogP contribution >= 0.6 is 15.9 Å². The highest BCUT2D eigenvalue weighted by Gasteiger charge is 2.20. The van der Waals surface area contributed by atoms with Gasteiger partial charge in [-0.15, -0.1) is 0 Å². The summed E-state index contributed by atoms with van der Waals surface area (Å²) in [7, 11) is -3.69. The second-order valence-corrected chi connectivity index (χ2v) is 6.57. The highest BCUT2D eigenvalue weighted by Crippen LogP contribution is 2.25. The number of pyridine rings is 1. The predicted octanol–water partition coefficient (Wildman–Crippen LogP) is 3.08. The van der Waals surface area contributed by atoms with Crippen molar-refractivity contribution in [3.63, 3.8) is 0 Å². The second-order valence-electron chi connectivity index (χ2n) is 4.00. The highest BCUT2D eigenvalue weighted by molar-refractivity contribution is 9.10. The number of rotatable bonds is 5. The molecule has 7 heteroatoms. The lowest BCUT2D eigenvalue weighted by Crippen LogP contribution is -2.16. The normalized spacial score (nSPS) is 11.1. The van der Waals surface area contributed by atoms with Crippen LogP contribution in [0.1, 0.15) is 6.92 Å². The van der Waals surface area contributed by atoms with Crippen LogP contribution in [0.5, 0.6) is 0 Å². The molecule has 1 heterocycles. The van der Waals surface area contributed by atoms with Crippen LogP contribution in [0.2, 0.25) is 0 Å². The molecule has 2 N–H and O–H groups in total. The van der Waals surface area contributed by atoms with Gasteiger partial charge in [0.25, 0.3) is 10.0 Å². The lowest BCUT2D eigenvalue weighted by Gasteiger charge is -2.12. The van der Waals surface area contributed by atoms with E-state index in [9.17, 15) is 8.42 Å². The van der Waals surface area contributed by atoms with Gasteiger partial charge in [-0.2, -0.15) is 0 Å². The van der Waals surface area contributed by atoms with Gasteiger partial charge < -0.3 is 5.32 Å². The summed E-state index contributed by atoms with van der Waals surface area (Å²) < 4.78 is 28.0. The zero-order chi connectivity index (χ0) is 14.6. The van der Waals surface area contributed by atoms with Crippen LogP contribution in [0.15, 0.2) is 52.0 Å². The summed E-state index contributed by atoms with van der Waals surface area (Å²) in [5, 5.41) is 2.94. The Labute approximate surface area is 126 Å². The number of halogens is 1. The Kier molecular flexibility index (Phi) is 4.61. The van der Waals surface area contributed by atoms with Crippen LogP contribution in [-0.2, 0) is 10.0 Å². The molecule has 0 amide bonds. The van der Waals surface area contributed by atoms with Crippen LogP contribution < -0.4 is 10.0 Å². The maximum Gasteiger partial charge on any atom is 0.265 e. The molecule has 0 saturated carbocycles. The summed E-state index contributed by atoms with van der Waals surface area (Å²) in [5.74, 6) is 0.333. The summed E-state index contributed by atoms with van der Waals surface area (Å²) in [5.41, 5.74) is 0.509. The van der Waals surface area contributed by atoms with Gasteiger partial charge in [-0.1, -0.05) is 18.2 Å². The van der Waals surface area contributed by atoms with E-state index in [1.807, 2.05) is 13.0 Å². The van der Waals surface area contributed by atoms with Gasteiger partial charge >= 0.3 is 0 Å². The van der Waals surface area contributed by atoms with Gasteiger partial charge in [0.15, 0.2) is 0 Å². The molecule has 2 rings (SSSR count). The summed E-state index contributed by atoms with van der Waals surface area (Å²) in [6, 6.07) is 10.3.